The first kappa shape index (κ1) is 16.4. The number of sulfonamides is 1. The van der Waals surface area contributed by atoms with Crippen molar-refractivity contribution in [2.24, 2.45) is 5.92 Å². The number of halogens is 1. The van der Waals surface area contributed by atoms with Gasteiger partial charge in [-0.3, -0.25) is 0 Å². The molecule has 0 aliphatic rings. The van der Waals surface area contributed by atoms with Crippen LogP contribution in [0.2, 0.25) is 5.02 Å². The van der Waals surface area contributed by atoms with Gasteiger partial charge in [0.2, 0.25) is 10.0 Å². The molecule has 0 bridgehead atoms. The van der Waals surface area contributed by atoms with Gasteiger partial charge in [-0.15, -0.1) is 0 Å². The van der Waals surface area contributed by atoms with Gasteiger partial charge in [0.25, 0.3) is 0 Å². The minimum absolute atomic E-state index is 0.0696. The molecule has 19 heavy (non-hydrogen) atoms. The Labute approximate surface area is 119 Å². The predicted octanol–water partition coefficient (Wildman–Crippen LogP) is 2.34. The molecule has 0 saturated carbocycles. The largest absolute Gasteiger partial charge is 0.396 e. The second-order valence-electron chi connectivity index (χ2n) is 4.55. The topological polar surface area (TPSA) is 66.4 Å². The summed E-state index contributed by atoms with van der Waals surface area (Å²) in [4.78, 5) is 0.246. The minimum atomic E-state index is -3.52. The Hall–Kier alpha value is -0.620. The number of aryl methyl sites for hydroxylation is 1. The molecule has 1 unspecified atom stereocenters. The van der Waals surface area contributed by atoms with Gasteiger partial charge in [-0.25, -0.2) is 13.1 Å². The monoisotopic (exact) mass is 305 g/mol. The lowest BCUT2D eigenvalue weighted by Gasteiger charge is -2.15. The van der Waals surface area contributed by atoms with E-state index in [4.69, 9.17) is 16.7 Å². The Bertz CT molecular complexity index is 517. The molecule has 1 atom stereocenters. The number of hydrogen-bond donors (Lipinski definition) is 2. The van der Waals surface area contributed by atoms with E-state index in [-0.39, 0.29) is 17.4 Å². The highest BCUT2D eigenvalue weighted by Crippen LogP contribution is 2.19. The first-order valence-electron chi connectivity index (χ1n) is 6.27. The van der Waals surface area contributed by atoms with Crippen LogP contribution in [-0.2, 0) is 10.0 Å². The van der Waals surface area contributed by atoms with Crippen LogP contribution in [0.4, 0.5) is 0 Å². The molecule has 1 rings (SSSR count). The highest BCUT2D eigenvalue weighted by molar-refractivity contribution is 7.89. The van der Waals surface area contributed by atoms with E-state index in [1.54, 1.807) is 19.1 Å². The Morgan fingerprint density at radius 1 is 1.42 bits per heavy atom. The molecule has 6 heteroatoms. The molecule has 2 N–H and O–H groups in total. The zero-order valence-corrected chi connectivity index (χ0v) is 12.8. The molecule has 108 valence electrons. The Morgan fingerprint density at radius 3 is 2.63 bits per heavy atom. The van der Waals surface area contributed by atoms with Crippen molar-refractivity contribution in [3.63, 3.8) is 0 Å². The summed E-state index contributed by atoms with van der Waals surface area (Å²) in [5.74, 6) is 0.146. The van der Waals surface area contributed by atoms with Crippen LogP contribution in [0.5, 0.6) is 0 Å². The number of nitrogens with one attached hydrogen (secondary N) is 1. The van der Waals surface area contributed by atoms with E-state index in [9.17, 15) is 8.42 Å². The lowest BCUT2D eigenvalue weighted by Crippen LogP contribution is -2.30. The molecule has 1 aromatic carbocycles. The third-order valence-electron chi connectivity index (χ3n) is 3.10. The maximum absolute atomic E-state index is 12.2. The van der Waals surface area contributed by atoms with Crippen molar-refractivity contribution < 1.29 is 13.5 Å². The standard InChI is InChI=1S/C13H20ClNO3S/c1-3-11(6-7-16)9-15-19(17,18)13-5-4-12(14)8-10(13)2/h4-5,8,11,15-16H,3,6-7,9H2,1-2H3. The van der Waals surface area contributed by atoms with Crippen molar-refractivity contribution in [1.82, 2.24) is 4.72 Å². The van der Waals surface area contributed by atoms with Crippen LogP contribution in [0, 0.1) is 12.8 Å². The average molecular weight is 306 g/mol. The lowest BCUT2D eigenvalue weighted by atomic mass is 10.0. The molecule has 4 nitrogen and oxygen atoms in total. The minimum Gasteiger partial charge on any atom is -0.396 e. The molecule has 0 radical (unpaired) electrons. The second-order valence-corrected chi connectivity index (χ2v) is 6.72. The first-order chi connectivity index (χ1) is 8.90. The first-order valence-corrected chi connectivity index (χ1v) is 8.13. The van der Waals surface area contributed by atoms with E-state index in [1.165, 1.54) is 6.07 Å². The average Bonchev–Trinajstić information content (AvgIpc) is 2.34. The van der Waals surface area contributed by atoms with Gasteiger partial charge in [0.1, 0.15) is 0 Å². The van der Waals surface area contributed by atoms with Gasteiger partial charge in [-0.05, 0) is 43.0 Å². The Balaban J connectivity index is 2.81. The van der Waals surface area contributed by atoms with Crippen molar-refractivity contribution in [2.75, 3.05) is 13.2 Å². The van der Waals surface area contributed by atoms with Gasteiger partial charge in [0, 0.05) is 18.2 Å². The van der Waals surface area contributed by atoms with E-state index in [0.717, 1.165) is 6.42 Å². The summed E-state index contributed by atoms with van der Waals surface area (Å²) in [6.07, 6.45) is 1.42. The highest BCUT2D eigenvalue weighted by atomic mass is 35.5. The second kappa shape index (κ2) is 7.24. The van der Waals surface area contributed by atoms with Crippen LogP contribution >= 0.6 is 11.6 Å². The van der Waals surface area contributed by atoms with Gasteiger partial charge in [-0.1, -0.05) is 24.9 Å². The third kappa shape index (κ3) is 4.76. The normalized spacial score (nSPS) is 13.5. The van der Waals surface area contributed by atoms with Gasteiger partial charge in [-0.2, -0.15) is 0 Å². The molecule has 0 aromatic heterocycles. The predicted molar refractivity (Wildman–Crippen MR) is 76.9 cm³/mol. The SMILES string of the molecule is CCC(CCO)CNS(=O)(=O)c1ccc(Cl)cc1C. The molecular weight excluding hydrogens is 286 g/mol. The summed E-state index contributed by atoms with van der Waals surface area (Å²) in [6.45, 7) is 4.09. The van der Waals surface area contributed by atoms with Crippen LogP contribution in [0.25, 0.3) is 0 Å². The van der Waals surface area contributed by atoms with Gasteiger partial charge < -0.3 is 5.11 Å². The van der Waals surface area contributed by atoms with E-state index >= 15 is 0 Å². The molecule has 0 spiro atoms. The fraction of sp³-hybridized carbons (Fsp3) is 0.538. The number of hydrogen-bond acceptors (Lipinski definition) is 3. The van der Waals surface area contributed by atoms with Crippen molar-refractivity contribution >= 4 is 21.6 Å². The van der Waals surface area contributed by atoms with Crippen molar-refractivity contribution in [2.45, 2.75) is 31.6 Å². The third-order valence-corrected chi connectivity index (χ3v) is 4.92. The molecular formula is C13H20ClNO3S. The zero-order valence-electron chi connectivity index (χ0n) is 11.2. The molecule has 1 aromatic rings. The number of aliphatic hydroxyl groups is 1. The van der Waals surface area contributed by atoms with Crippen LogP contribution in [0.1, 0.15) is 25.3 Å². The van der Waals surface area contributed by atoms with E-state index in [0.29, 0.717) is 23.6 Å². The van der Waals surface area contributed by atoms with E-state index in [2.05, 4.69) is 4.72 Å². The lowest BCUT2D eigenvalue weighted by molar-refractivity contribution is 0.254. The fourth-order valence-corrected chi connectivity index (χ4v) is 3.42. The zero-order chi connectivity index (χ0) is 14.5. The maximum Gasteiger partial charge on any atom is 0.240 e. The summed E-state index contributed by atoms with van der Waals surface area (Å²) in [6, 6.07) is 4.70. The molecule has 0 fully saturated rings. The fourth-order valence-electron chi connectivity index (χ4n) is 1.85. The Morgan fingerprint density at radius 2 is 2.11 bits per heavy atom. The van der Waals surface area contributed by atoms with Crippen LogP contribution in [0.15, 0.2) is 23.1 Å². The summed E-state index contributed by atoms with van der Waals surface area (Å²) in [7, 11) is -3.52. The Kier molecular flexibility index (Phi) is 6.26. The van der Waals surface area contributed by atoms with Gasteiger partial charge in [0.15, 0.2) is 0 Å². The quantitative estimate of drug-likeness (QED) is 0.812. The molecule has 0 saturated heterocycles. The summed E-state index contributed by atoms with van der Waals surface area (Å²) in [5, 5.41) is 9.41. The molecule has 0 heterocycles. The molecule has 0 aliphatic carbocycles. The molecule has 0 amide bonds. The number of benzene rings is 1. The summed E-state index contributed by atoms with van der Waals surface area (Å²) < 4.78 is 26.9. The van der Waals surface area contributed by atoms with Gasteiger partial charge >= 0.3 is 0 Å². The van der Waals surface area contributed by atoms with Crippen LogP contribution in [-0.4, -0.2) is 26.7 Å². The maximum atomic E-state index is 12.2. The van der Waals surface area contributed by atoms with E-state index in [1.807, 2.05) is 6.92 Å². The number of aliphatic hydroxyl groups excluding tert-OH is 1. The van der Waals surface area contributed by atoms with Crippen LogP contribution in [0.3, 0.4) is 0 Å². The van der Waals surface area contributed by atoms with Crippen molar-refractivity contribution in [3.8, 4) is 0 Å². The summed E-state index contributed by atoms with van der Waals surface area (Å²) in [5.41, 5.74) is 0.621. The molecule has 0 aliphatic heterocycles. The van der Waals surface area contributed by atoms with Crippen molar-refractivity contribution in [3.05, 3.63) is 28.8 Å². The van der Waals surface area contributed by atoms with Crippen LogP contribution < -0.4 is 4.72 Å². The van der Waals surface area contributed by atoms with Gasteiger partial charge in [0.05, 0.1) is 4.90 Å². The number of rotatable bonds is 7. The van der Waals surface area contributed by atoms with E-state index < -0.39 is 10.0 Å². The van der Waals surface area contributed by atoms with Crippen molar-refractivity contribution in [1.29, 1.82) is 0 Å². The summed E-state index contributed by atoms with van der Waals surface area (Å²) >= 11 is 5.82. The smallest absolute Gasteiger partial charge is 0.240 e. The highest BCUT2D eigenvalue weighted by Gasteiger charge is 2.18.